The maximum atomic E-state index is 4.72. The van der Waals surface area contributed by atoms with Crippen LogP contribution in [0.15, 0.2) is 11.2 Å². The van der Waals surface area contributed by atoms with E-state index < -0.39 is 0 Å². The lowest BCUT2D eigenvalue weighted by Gasteiger charge is -2.25. The van der Waals surface area contributed by atoms with Crippen LogP contribution in [0.4, 0.5) is 0 Å². The maximum absolute atomic E-state index is 4.72. The largest absolute Gasteiger partial charge is 0.359 e. The van der Waals surface area contributed by atoms with Gasteiger partial charge in [-0.1, -0.05) is 32.5 Å². The summed E-state index contributed by atoms with van der Waals surface area (Å²) in [5.74, 6) is 1.13. The number of nitrogens with zero attached hydrogens (tertiary/aromatic N) is 3. The molecule has 1 N–H and O–H groups in total. The van der Waals surface area contributed by atoms with Crippen molar-refractivity contribution in [3.05, 3.63) is 17.5 Å². The Bertz CT molecular complexity index is 460. The number of aromatic nitrogens is 2. The molecule has 0 aromatic carbocycles. The van der Waals surface area contributed by atoms with E-state index in [-0.39, 0.29) is 5.54 Å². The van der Waals surface area contributed by atoms with Crippen molar-refractivity contribution < 1.29 is 0 Å². The predicted molar refractivity (Wildman–Crippen MR) is 82.6 cm³/mol. The Kier molecular flexibility index (Phi) is 4.55. The van der Waals surface area contributed by atoms with Gasteiger partial charge >= 0.3 is 0 Å². The molecule has 0 saturated carbocycles. The zero-order valence-corrected chi connectivity index (χ0v) is 13.2. The fourth-order valence-electron chi connectivity index (χ4n) is 2.39. The number of hydrogen-bond donors (Lipinski definition) is 1. The van der Waals surface area contributed by atoms with Crippen molar-refractivity contribution in [3.63, 3.8) is 0 Å². The van der Waals surface area contributed by atoms with E-state index in [0.29, 0.717) is 0 Å². The third-order valence-electron chi connectivity index (χ3n) is 3.93. The van der Waals surface area contributed by atoms with E-state index in [1.165, 1.54) is 5.56 Å². The number of aryl methyl sites for hydroxylation is 2. The molecule has 1 aromatic rings. The average Bonchev–Trinajstić information content (AvgIpc) is 3.00. The van der Waals surface area contributed by atoms with Crippen LogP contribution in [-0.4, -0.2) is 26.2 Å². The first kappa shape index (κ1) is 14.4. The third kappa shape index (κ3) is 3.14. The van der Waals surface area contributed by atoms with Gasteiger partial charge in [-0.3, -0.25) is 9.67 Å². The minimum Gasteiger partial charge on any atom is -0.359 e. The third-order valence-corrected chi connectivity index (χ3v) is 5.13. The highest BCUT2D eigenvalue weighted by atomic mass is 32.2. The van der Waals surface area contributed by atoms with Crippen LogP contribution in [-0.2, 0) is 20.0 Å². The Morgan fingerprint density at radius 3 is 2.74 bits per heavy atom. The molecule has 5 heteroatoms. The van der Waals surface area contributed by atoms with E-state index in [4.69, 9.17) is 4.99 Å². The van der Waals surface area contributed by atoms with Crippen molar-refractivity contribution in [2.75, 3.05) is 5.75 Å². The lowest BCUT2D eigenvalue weighted by molar-refractivity contribution is 0.407. The SMILES string of the molecule is CCc1nn(C)cc1CN=C1NC(CC)(CC)CS1. The molecule has 1 fully saturated rings. The maximum Gasteiger partial charge on any atom is 0.157 e. The number of amidine groups is 1. The van der Waals surface area contributed by atoms with Crippen LogP contribution in [0.3, 0.4) is 0 Å². The molecule has 0 bridgehead atoms. The van der Waals surface area contributed by atoms with Gasteiger partial charge in [-0.2, -0.15) is 5.10 Å². The minimum atomic E-state index is 0.256. The van der Waals surface area contributed by atoms with Crippen LogP contribution in [0.5, 0.6) is 0 Å². The first-order chi connectivity index (χ1) is 9.12. The van der Waals surface area contributed by atoms with Crippen LogP contribution >= 0.6 is 11.8 Å². The second kappa shape index (κ2) is 5.99. The van der Waals surface area contributed by atoms with E-state index in [0.717, 1.165) is 42.4 Å². The summed E-state index contributed by atoms with van der Waals surface area (Å²) in [4.78, 5) is 4.72. The van der Waals surface area contributed by atoms with Gasteiger partial charge in [0, 0.05) is 30.1 Å². The monoisotopic (exact) mass is 280 g/mol. The fourth-order valence-corrected chi connectivity index (χ4v) is 3.73. The molecule has 0 unspecified atom stereocenters. The van der Waals surface area contributed by atoms with Crippen LogP contribution in [0.1, 0.15) is 44.9 Å². The Labute approximate surface area is 120 Å². The molecule has 0 spiro atoms. The average molecular weight is 280 g/mol. The standard InChI is InChI=1S/C14H24N4S/c1-5-12-11(9-18(4)17-12)8-15-13-16-14(6-2,7-3)10-19-13/h9H,5-8,10H2,1-4H3,(H,15,16). The van der Waals surface area contributed by atoms with Crippen LogP contribution < -0.4 is 5.32 Å². The molecule has 0 atom stereocenters. The van der Waals surface area contributed by atoms with Crippen molar-refractivity contribution in [3.8, 4) is 0 Å². The van der Waals surface area contributed by atoms with Crippen molar-refractivity contribution in [1.82, 2.24) is 15.1 Å². The Morgan fingerprint density at radius 2 is 2.16 bits per heavy atom. The van der Waals surface area contributed by atoms with E-state index in [2.05, 4.69) is 37.4 Å². The highest BCUT2D eigenvalue weighted by Gasteiger charge is 2.33. The summed E-state index contributed by atoms with van der Waals surface area (Å²) in [5, 5.41) is 9.15. The lowest BCUT2D eigenvalue weighted by Crippen LogP contribution is -2.42. The summed E-state index contributed by atoms with van der Waals surface area (Å²) in [6, 6.07) is 0. The molecule has 19 heavy (non-hydrogen) atoms. The van der Waals surface area contributed by atoms with E-state index in [1.807, 2.05) is 23.5 Å². The molecule has 4 nitrogen and oxygen atoms in total. The predicted octanol–water partition coefficient (Wildman–Crippen LogP) is 2.73. The molecule has 1 aromatic heterocycles. The number of nitrogens with one attached hydrogen (secondary N) is 1. The van der Waals surface area contributed by atoms with Crippen molar-refractivity contribution >= 4 is 16.9 Å². The molecule has 1 aliphatic rings. The first-order valence-electron chi connectivity index (χ1n) is 7.09. The smallest absolute Gasteiger partial charge is 0.157 e. The van der Waals surface area contributed by atoms with Crippen LogP contribution in [0.2, 0.25) is 0 Å². The van der Waals surface area contributed by atoms with E-state index in [1.54, 1.807) is 0 Å². The van der Waals surface area contributed by atoms with Gasteiger partial charge in [-0.05, 0) is 19.3 Å². The fraction of sp³-hybridized carbons (Fsp3) is 0.714. The summed E-state index contributed by atoms with van der Waals surface area (Å²) < 4.78 is 1.88. The van der Waals surface area contributed by atoms with Crippen molar-refractivity contribution in [2.45, 2.75) is 52.1 Å². The van der Waals surface area contributed by atoms with Gasteiger partial charge in [0.2, 0.25) is 0 Å². The summed E-state index contributed by atoms with van der Waals surface area (Å²) in [6.45, 7) is 7.36. The minimum absolute atomic E-state index is 0.256. The van der Waals surface area contributed by atoms with Gasteiger partial charge in [-0.15, -0.1) is 0 Å². The normalized spacial score (nSPS) is 19.9. The molecule has 1 saturated heterocycles. The molecular formula is C14H24N4S. The molecule has 1 aliphatic heterocycles. The van der Waals surface area contributed by atoms with Gasteiger partial charge in [0.1, 0.15) is 0 Å². The molecular weight excluding hydrogens is 256 g/mol. The molecule has 0 aliphatic carbocycles. The Morgan fingerprint density at radius 1 is 1.42 bits per heavy atom. The van der Waals surface area contributed by atoms with Crippen LogP contribution in [0.25, 0.3) is 0 Å². The molecule has 106 valence electrons. The summed E-state index contributed by atoms with van der Waals surface area (Å²) in [6.07, 6.45) is 5.36. The zero-order valence-electron chi connectivity index (χ0n) is 12.4. The van der Waals surface area contributed by atoms with E-state index in [9.17, 15) is 0 Å². The van der Waals surface area contributed by atoms with Crippen molar-refractivity contribution in [1.29, 1.82) is 0 Å². The summed E-state index contributed by atoms with van der Waals surface area (Å²) >= 11 is 1.85. The zero-order chi connectivity index (χ0) is 13.9. The van der Waals surface area contributed by atoms with Gasteiger partial charge in [0.05, 0.1) is 12.2 Å². The first-order valence-corrected chi connectivity index (χ1v) is 8.08. The van der Waals surface area contributed by atoms with Gasteiger partial charge in [-0.25, -0.2) is 0 Å². The number of aliphatic imine (C=N–C) groups is 1. The molecule has 2 rings (SSSR count). The van der Waals surface area contributed by atoms with Gasteiger partial charge in [0.15, 0.2) is 5.17 Å². The van der Waals surface area contributed by atoms with Crippen LogP contribution in [0, 0.1) is 0 Å². The van der Waals surface area contributed by atoms with E-state index >= 15 is 0 Å². The highest BCUT2D eigenvalue weighted by molar-refractivity contribution is 8.14. The Balaban J connectivity index is 2.04. The van der Waals surface area contributed by atoms with Gasteiger partial charge in [0.25, 0.3) is 0 Å². The summed E-state index contributed by atoms with van der Waals surface area (Å²) in [5.41, 5.74) is 2.66. The lowest BCUT2D eigenvalue weighted by atomic mass is 9.96. The Hall–Kier alpha value is -0.970. The molecule has 0 radical (unpaired) electrons. The number of rotatable bonds is 5. The van der Waals surface area contributed by atoms with Gasteiger partial charge < -0.3 is 5.32 Å². The molecule has 0 amide bonds. The van der Waals surface area contributed by atoms with Crippen molar-refractivity contribution in [2.24, 2.45) is 12.0 Å². The topological polar surface area (TPSA) is 42.2 Å². The summed E-state index contributed by atoms with van der Waals surface area (Å²) in [7, 11) is 1.97. The number of hydrogen-bond acceptors (Lipinski definition) is 3. The quantitative estimate of drug-likeness (QED) is 0.902. The molecule has 2 heterocycles. The number of thioether (sulfide) groups is 1. The second-order valence-electron chi connectivity index (χ2n) is 5.15. The second-order valence-corrected chi connectivity index (χ2v) is 6.11. The highest BCUT2D eigenvalue weighted by Crippen LogP contribution is 2.29.